The average Bonchev–Trinajstić information content (AvgIpc) is 2.67. The van der Waals surface area contributed by atoms with Gasteiger partial charge in [-0.05, 0) is 42.3 Å². The molecule has 2 rings (SSSR count). The Labute approximate surface area is 130 Å². The topological polar surface area (TPSA) is 107 Å². The highest BCUT2D eigenvalue weighted by Gasteiger charge is 2.01. The molecule has 6 heteroatoms. The summed E-state index contributed by atoms with van der Waals surface area (Å²) in [5.41, 5.74) is 6.22. The number of carbonyl (C=O) groups is 1. The van der Waals surface area contributed by atoms with E-state index in [4.69, 9.17) is 21.4 Å². The fourth-order valence-corrected chi connectivity index (χ4v) is 1.74. The van der Waals surface area contributed by atoms with Crippen LogP contribution in [0.5, 0.6) is 11.5 Å². The fraction of sp³-hybridized carbons (Fsp3) is 0.0667. The van der Waals surface area contributed by atoms with E-state index < -0.39 is 0 Å². The number of phenolic OH excluding ortho intramolecular Hbond substituents is 2. The number of phenols is 2. The van der Waals surface area contributed by atoms with Crippen molar-refractivity contribution < 1.29 is 15.0 Å². The smallest absolute Gasteiger partial charge is 0.248 e. The van der Waals surface area contributed by atoms with Crippen molar-refractivity contribution in [2.75, 3.05) is 0 Å². The van der Waals surface area contributed by atoms with Crippen molar-refractivity contribution in [3.63, 3.8) is 0 Å². The largest absolute Gasteiger partial charge is 0.504 e. The lowest BCUT2D eigenvalue weighted by Crippen LogP contribution is -2.12. The van der Waals surface area contributed by atoms with Gasteiger partial charge >= 0.3 is 0 Å². The van der Waals surface area contributed by atoms with E-state index in [1.165, 1.54) is 12.1 Å². The van der Waals surface area contributed by atoms with E-state index in [0.717, 1.165) is 17.1 Å². The number of benzene rings is 1. The predicted molar refractivity (Wildman–Crippen MR) is 85.7 cm³/mol. The van der Waals surface area contributed by atoms with Gasteiger partial charge in [0, 0.05) is 16.3 Å². The Bertz CT molecular complexity index is 634. The number of nitrogens with two attached hydrogens (primary N) is 1. The molecule has 0 radical (unpaired) electrons. The number of carbonyl (C=O) groups excluding carboxylic acids is 1. The molecular weight excluding hydrogens is 336 g/mol. The predicted octanol–water partition coefficient (Wildman–Crippen LogP) is 2.73. The minimum absolute atomic E-state index is 0.161. The molecule has 1 aliphatic carbocycles. The van der Waals surface area contributed by atoms with Gasteiger partial charge in [-0.3, -0.25) is 4.79 Å². The highest BCUT2D eigenvalue weighted by Crippen LogP contribution is 2.23. The molecule has 0 bridgehead atoms. The molecule has 0 aliphatic heterocycles. The Morgan fingerprint density at radius 3 is 2.52 bits per heavy atom. The van der Waals surface area contributed by atoms with Crippen LogP contribution in [0.1, 0.15) is 12.0 Å². The number of halogens is 1. The number of rotatable bonds is 2. The minimum atomic E-state index is -0.378. The number of amides is 1. The van der Waals surface area contributed by atoms with Crippen LogP contribution in [-0.2, 0) is 4.79 Å². The van der Waals surface area contributed by atoms with Crippen LogP contribution in [0.15, 0.2) is 52.6 Å². The third kappa shape index (κ3) is 5.66. The molecule has 110 valence electrons. The van der Waals surface area contributed by atoms with Gasteiger partial charge in [-0.1, -0.05) is 28.1 Å². The highest BCUT2D eigenvalue weighted by molar-refractivity contribution is 9.11. The van der Waals surface area contributed by atoms with Crippen molar-refractivity contribution in [3.05, 3.63) is 58.1 Å². The van der Waals surface area contributed by atoms with Gasteiger partial charge in [0.2, 0.25) is 5.91 Å². The highest BCUT2D eigenvalue weighted by atomic mass is 79.9. The fourth-order valence-electron chi connectivity index (χ4n) is 1.42. The molecule has 0 heterocycles. The lowest BCUT2D eigenvalue weighted by atomic mass is 10.2. The van der Waals surface area contributed by atoms with Crippen molar-refractivity contribution in [1.82, 2.24) is 0 Å². The van der Waals surface area contributed by atoms with Crippen LogP contribution in [0, 0.1) is 5.41 Å². The first-order chi connectivity index (χ1) is 9.93. The molecular formula is C15H15BrN2O3. The summed E-state index contributed by atoms with van der Waals surface area (Å²) in [5.74, 6) is -0.733. The van der Waals surface area contributed by atoms with E-state index in [1.54, 1.807) is 18.2 Å². The van der Waals surface area contributed by atoms with Crippen LogP contribution in [0.3, 0.4) is 0 Å². The Hall–Kier alpha value is -2.34. The molecule has 1 aromatic rings. The first-order valence-corrected chi connectivity index (χ1v) is 6.79. The van der Waals surface area contributed by atoms with Gasteiger partial charge in [0.25, 0.3) is 0 Å². The van der Waals surface area contributed by atoms with Gasteiger partial charge < -0.3 is 21.4 Å². The second kappa shape index (κ2) is 8.06. The molecule has 5 N–H and O–H groups in total. The molecule has 0 saturated carbocycles. The number of primary amides is 1. The average molecular weight is 351 g/mol. The third-order valence-electron chi connectivity index (χ3n) is 2.52. The van der Waals surface area contributed by atoms with Crippen molar-refractivity contribution in [2.24, 2.45) is 5.73 Å². The van der Waals surface area contributed by atoms with Gasteiger partial charge in [0.05, 0.1) is 0 Å². The number of nitrogens with one attached hydrogen (secondary N) is 1. The molecule has 0 fully saturated rings. The molecule has 0 saturated heterocycles. The number of allylic oxidation sites excluding steroid dienone is 4. The first kappa shape index (κ1) is 16.7. The van der Waals surface area contributed by atoms with E-state index in [-0.39, 0.29) is 17.4 Å². The summed E-state index contributed by atoms with van der Waals surface area (Å²) in [5, 5.41) is 24.5. The molecule has 5 nitrogen and oxygen atoms in total. The first-order valence-electron chi connectivity index (χ1n) is 6.00. The maximum atomic E-state index is 10.7. The Morgan fingerprint density at radius 2 is 1.95 bits per heavy atom. The quantitative estimate of drug-likeness (QED) is 0.486. The third-order valence-corrected chi connectivity index (χ3v) is 3.11. The van der Waals surface area contributed by atoms with Crippen LogP contribution in [0.25, 0.3) is 0 Å². The van der Waals surface area contributed by atoms with Gasteiger partial charge in [-0.25, -0.2) is 0 Å². The summed E-state index contributed by atoms with van der Waals surface area (Å²) in [6.07, 6.45) is 9.12. The number of aromatic hydroxyl groups is 2. The summed E-state index contributed by atoms with van der Waals surface area (Å²) in [4.78, 5) is 10.7. The second-order valence-corrected chi connectivity index (χ2v) is 4.99. The molecule has 0 aromatic heterocycles. The lowest BCUT2D eigenvalue weighted by Gasteiger charge is -1.96. The zero-order chi connectivity index (χ0) is 15.8. The molecule has 0 unspecified atom stereocenters. The standard InChI is InChI=1S/C8H8BrNO.C7H7NO2/c9-7-3-1-2-6(4-5-7)8(10)11;8-4-5-1-2-6(9)7(10)3-5/h2-5H,1H2,(H2,10,11);1-4,8-10H. The number of hydrogen-bond donors (Lipinski definition) is 4. The second-order valence-electron chi connectivity index (χ2n) is 4.07. The SMILES string of the molecule is N=Cc1ccc(O)c(O)c1.NC(=O)C1=CCC=C(Br)C=C1. The van der Waals surface area contributed by atoms with Gasteiger partial charge in [0.1, 0.15) is 0 Å². The van der Waals surface area contributed by atoms with Gasteiger partial charge in [0.15, 0.2) is 11.5 Å². The maximum absolute atomic E-state index is 10.7. The Morgan fingerprint density at radius 1 is 1.24 bits per heavy atom. The van der Waals surface area contributed by atoms with Crippen molar-refractivity contribution in [2.45, 2.75) is 6.42 Å². The van der Waals surface area contributed by atoms with E-state index in [0.29, 0.717) is 11.1 Å². The summed E-state index contributed by atoms with van der Waals surface area (Å²) < 4.78 is 0.977. The van der Waals surface area contributed by atoms with Gasteiger partial charge in [-0.15, -0.1) is 0 Å². The molecule has 0 spiro atoms. The van der Waals surface area contributed by atoms with Crippen LogP contribution in [-0.4, -0.2) is 22.3 Å². The summed E-state index contributed by atoms with van der Waals surface area (Å²) in [6, 6.07) is 4.21. The molecule has 21 heavy (non-hydrogen) atoms. The molecule has 1 aromatic carbocycles. The van der Waals surface area contributed by atoms with Crippen LogP contribution in [0.4, 0.5) is 0 Å². The van der Waals surface area contributed by atoms with Crippen molar-refractivity contribution in [1.29, 1.82) is 5.41 Å². The van der Waals surface area contributed by atoms with E-state index in [9.17, 15) is 4.79 Å². The number of hydrogen-bond acceptors (Lipinski definition) is 4. The van der Waals surface area contributed by atoms with Crippen LogP contribution in [0.2, 0.25) is 0 Å². The van der Waals surface area contributed by atoms with Crippen LogP contribution < -0.4 is 5.73 Å². The zero-order valence-corrected chi connectivity index (χ0v) is 12.7. The van der Waals surface area contributed by atoms with E-state index in [1.807, 2.05) is 12.2 Å². The maximum Gasteiger partial charge on any atom is 0.248 e. The van der Waals surface area contributed by atoms with Crippen LogP contribution >= 0.6 is 15.9 Å². The van der Waals surface area contributed by atoms with E-state index >= 15 is 0 Å². The zero-order valence-electron chi connectivity index (χ0n) is 11.1. The monoisotopic (exact) mass is 350 g/mol. The van der Waals surface area contributed by atoms with Crippen molar-refractivity contribution in [3.8, 4) is 11.5 Å². The Kier molecular flexibility index (Phi) is 6.42. The Balaban J connectivity index is 0.000000211. The summed E-state index contributed by atoms with van der Waals surface area (Å²) >= 11 is 3.30. The molecule has 1 amide bonds. The lowest BCUT2D eigenvalue weighted by molar-refractivity contribution is -0.114. The molecule has 0 atom stereocenters. The molecule has 1 aliphatic rings. The van der Waals surface area contributed by atoms with Gasteiger partial charge in [-0.2, -0.15) is 0 Å². The normalized spacial score (nSPS) is 13.2. The summed E-state index contributed by atoms with van der Waals surface area (Å²) in [6.45, 7) is 0. The minimum Gasteiger partial charge on any atom is -0.504 e. The van der Waals surface area contributed by atoms with E-state index in [2.05, 4.69) is 15.9 Å². The summed E-state index contributed by atoms with van der Waals surface area (Å²) in [7, 11) is 0. The van der Waals surface area contributed by atoms with Crippen molar-refractivity contribution >= 4 is 28.1 Å².